The standard InChI is InChI=1S/C29H41FN2O4.C15H20FNO3.C14H21NO/c1-28(2,3)17-20-10-11-26-22(15-20)23(12-13-35-26)31-18-25(33)24(32-27(34)36-29(4,5)6)16-19-8-7-9-21(30)14-19;1-15(2,3)20-14(18)17-12(13-9-19-13)8-10-5-4-6-11(16)7-10;1-14(2,3)9-10-4-5-13-11(8-10)12(15)6-7-16-13/h7-11,14-15,23-25,31,33H,12-13,16-18H2,1-6H3,(H,32,34);4-7,12-13H,8-9H2,1-3H3,(H,17,18);4-5,8,12H,6-7,9,15H2,1-3H3/t23-,24?,25+;;12-/m0.0/s1. The van der Waals surface area contributed by atoms with Crippen molar-refractivity contribution in [2.45, 2.75) is 169 Å². The second-order valence-corrected chi connectivity index (χ2v) is 23.7. The second-order valence-electron chi connectivity index (χ2n) is 23.7. The van der Waals surface area contributed by atoms with E-state index in [-0.39, 0.29) is 54.2 Å². The van der Waals surface area contributed by atoms with Crippen LogP contribution in [0, 0.1) is 22.5 Å². The predicted octanol–water partition coefficient (Wildman–Crippen LogP) is 11.0. The summed E-state index contributed by atoms with van der Waals surface area (Å²) in [5, 5.41) is 20.2. The Labute approximate surface area is 427 Å². The van der Waals surface area contributed by atoms with Crippen molar-refractivity contribution in [1.82, 2.24) is 16.0 Å². The number of benzene rings is 4. The van der Waals surface area contributed by atoms with Crippen LogP contribution in [0.25, 0.3) is 0 Å². The number of nitrogens with two attached hydrogens (primary N) is 1. The van der Waals surface area contributed by atoms with Gasteiger partial charge in [-0.15, -0.1) is 0 Å². The maximum atomic E-state index is 13.8. The summed E-state index contributed by atoms with van der Waals surface area (Å²) in [4.78, 5) is 24.3. The van der Waals surface area contributed by atoms with E-state index in [0.717, 1.165) is 54.9 Å². The van der Waals surface area contributed by atoms with Crippen LogP contribution in [-0.2, 0) is 39.9 Å². The molecule has 14 heteroatoms. The number of aliphatic hydroxyl groups is 1. The van der Waals surface area contributed by atoms with Gasteiger partial charge < -0.3 is 50.5 Å². The van der Waals surface area contributed by atoms with Crippen molar-refractivity contribution in [3.63, 3.8) is 0 Å². The molecule has 3 unspecified atom stereocenters. The number of amides is 2. The predicted molar refractivity (Wildman–Crippen MR) is 279 cm³/mol. The Kier molecular flexibility index (Phi) is 20.1. The minimum atomic E-state index is -0.926. The smallest absolute Gasteiger partial charge is 0.407 e. The Morgan fingerprint density at radius 2 is 1.15 bits per heavy atom. The van der Waals surface area contributed by atoms with Gasteiger partial charge in [0.1, 0.15) is 40.4 Å². The Bertz CT molecular complexity index is 2380. The molecule has 4 aromatic rings. The zero-order chi connectivity index (χ0) is 53.0. The lowest BCUT2D eigenvalue weighted by Crippen LogP contribution is -2.50. The molecule has 4 aromatic carbocycles. The number of carbonyl (C=O) groups is 2. The lowest BCUT2D eigenvalue weighted by Gasteiger charge is -2.31. The normalized spacial score (nSPS) is 18.6. The van der Waals surface area contributed by atoms with Gasteiger partial charge in [0.15, 0.2) is 0 Å². The maximum Gasteiger partial charge on any atom is 0.407 e. The molecule has 6 N–H and O–H groups in total. The number of epoxide rings is 1. The fraction of sp³-hybridized carbons (Fsp3) is 0.552. The first-order chi connectivity index (χ1) is 33.6. The van der Waals surface area contributed by atoms with E-state index < -0.39 is 35.5 Å². The molecule has 0 saturated carbocycles. The summed E-state index contributed by atoms with van der Waals surface area (Å²) in [5.74, 6) is 1.18. The molecule has 3 aliphatic heterocycles. The van der Waals surface area contributed by atoms with E-state index in [1.807, 2.05) is 32.9 Å². The van der Waals surface area contributed by atoms with Gasteiger partial charge in [0.25, 0.3) is 0 Å². The van der Waals surface area contributed by atoms with Crippen LogP contribution in [0.4, 0.5) is 18.4 Å². The highest BCUT2D eigenvalue weighted by Crippen LogP contribution is 2.35. The zero-order valence-electron chi connectivity index (χ0n) is 44.8. The summed E-state index contributed by atoms with van der Waals surface area (Å²) in [6.45, 7) is 26.3. The highest BCUT2D eigenvalue weighted by atomic mass is 19.1. The number of nitrogens with one attached hydrogen (secondary N) is 3. The van der Waals surface area contributed by atoms with E-state index in [4.69, 9.17) is 29.4 Å². The van der Waals surface area contributed by atoms with Gasteiger partial charge in [-0.1, -0.05) is 90.1 Å². The quantitative estimate of drug-likeness (QED) is 0.0814. The minimum Gasteiger partial charge on any atom is -0.493 e. The number of hydrogen-bond donors (Lipinski definition) is 5. The molecule has 7 rings (SSSR count). The van der Waals surface area contributed by atoms with E-state index in [9.17, 15) is 23.5 Å². The Balaban J connectivity index is 0.000000223. The molecule has 3 heterocycles. The van der Waals surface area contributed by atoms with Crippen LogP contribution in [0.15, 0.2) is 84.9 Å². The van der Waals surface area contributed by atoms with Gasteiger partial charge >= 0.3 is 12.2 Å². The molecule has 0 aromatic heterocycles. The summed E-state index contributed by atoms with van der Waals surface area (Å²) in [6.07, 6.45) is 2.45. The van der Waals surface area contributed by atoms with Gasteiger partial charge in [-0.2, -0.15) is 0 Å². The Morgan fingerprint density at radius 1 is 0.667 bits per heavy atom. The summed E-state index contributed by atoms with van der Waals surface area (Å²) in [6, 6.07) is 24.6. The molecular formula is C58H82F2N4O8. The number of rotatable bonds is 13. The van der Waals surface area contributed by atoms with Crippen LogP contribution in [-0.4, -0.2) is 79.2 Å². The summed E-state index contributed by atoms with van der Waals surface area (Å²) < 4.78 is 54.3. The van der Waals surface area contributed by atoms with Crippen LogP contribution in [0.3, 0.4) is 0 Å². The molecule has 1 fully saturated rings. The van der Waals surface area contributed by atoms with Gasteiger partial charge in [0, 0.05) is 42.6 Å². The van der Waals surface area contributed by atoms with Crippen molar-refractivity contribution in [3.05, 3.63) is 130 Å². The Morgan fingerprint density at radius 3 is 1.65 bits per heavy atom. The maximum absolute atomic E-state index is 13.8. The molecule has 0 aliphatic carbocycles. The number of carbonyl (C=O) groups excluding carboxylic acids is 2. The molecule has 1 saturated heterocycles. The molecule has 6 atom stereocenters. The average molecular weight is 1000 g/mol. The third-order valence-corrected chi connectivity index (χ3v) is 11.7. The lowest BCUT2D eigenvalue weighted by molar-refractivity contribution is 0.0417. The highest BCUT2D eigenvalue weighted by Gasteiger charge is 2.35. The number of hydrogen-bond acceptors (Lipinski definition) is 10. The molecule has 72 heavy (non-hydrogen) atoms. The van der Waals surface area contributed by atoms with E-state index in [2.05, 4.69) is 87.8 Å². The van der Waals surface area contributed by atoms with Gasteiger partial charge in [0.2, 0.25) is 0 Å². The highest BCUT2D eigenvalue weighted by molar-refractivity contribution is 5.68. The number of aliphatic hydroxyl groups excluding tert-OH is 1. The molecular weight excluding hydrogens is 919 g/mol. The van der Waals surface area contributed by atoms with Crippen molar-refractivity contribution in [2.24, 2.45) is 16.6 Å². The first-order valence-corrected chi connectivity index (χ1v) is 25.4. The molecule has 0 radical (unpaired) electrons. The van der Waals surface area contributed by atoms with Crippen molar-refractivity contribution in [1.29, 1.82) is 0 Å². The van der Waals surface area contributed by atoms with Gasteiger partial charge in [-0.25, -0.2) is 18.4 Å². The van der Waals surface area contributed by atoms with Gasteiger partial charge in [0.05, 0.1) is 38.0 Å². The van der Waals surface area contributed by atoms with Crippen LogP contribution in [0.1, 0.15) is 141 Å². The molecule has 3 aliphatic rings. The number of halogens is 2. The summed E-state index contributed by atoms with van der Waals surface area (Å²) >= 11 is 0. The molecule has 2 amide bonds. The zero-order valence-corrected chi connectivity index (χ0v) is 44.8. The molecule has 0 spiro atoms. The SMILES string of the molecule is CC(C)(C)Cc1ccc2c(c1)[C@@H](N)CCO2.CC(C)(C)Cc1ccc2c(c1)[C@@H](NC[C@@H](O)C(Cc1cccc(F)c1)NC(=O)OC(C)(C)C)CCO2.CC(C)(C)OC(=O)NC(Cc1cccc(F)c1)C1CO1. The first-order valence-electron chi connectivity index (χ1n) is 25.4. The van der Waals surface area contributed by atoms with Crippen LogP contribution >= 0.6 is 0 Å². The lowest BCUT2D eigenvalue weighted by atomic mass is 9.86. The van der Waals surface area contributed by atoms with E-state index in [0.29, 0.717) is 30.6 Å². The van der Waals surface area contributed by atoms with Gasteiger partial charge in [-0.3, -0.25) is 0 Å². The topological polar surface area (TPSA) is 166 Å². The largest absolute Gasteiger partial charge is 0.493 e. The first kappa shape index (κ1) is 57.6. The van der Waals surface area contributed by atoms with Crippen molar-refractivity contribution in [3.8, 4) is 11.5 Å². The van der Waals surface area contributed by atoms with E-state index in [1.165, 1.54) is 41.0 Å². The van der Waals surface area contributed by atoms with Crippen LogP contribution < -0.4 is 31.2 Å². The monoisotopic (exact) mass is 1000 g/mol. The number of alkyl carbamates (subject to hydrolysis) is 2. The molecule has 0 bridgehead atoms. The van der Waals surface area contributed by atoms with Crippen LogP contribution in [0.2, 0.25) is 0 Å². The third-order valence-electron chi connectivity index (χ3n) is 11.7. The fourth-order valence-corrected chi connectivity index (χ4v) is 8.58. The molecule has 396 valence electrons. The third kappa shape index (κ3) is 20.7. The number of fused-ring (bicyclic) bond motifs is 2. The second kappa shape index (κ2) is 25.1. The fourth-order valence-electron chi connectivity index (χ4n) is 8.58. The van der Waals surface area contributed by atoms with E-state index >= 15 is 0 Å². The molecule has 12 nitrogen and oxygen atoms in total. The Hall–Kier alpha value is -5.28. The van der Waals surface area contributed by atoms with Crippen molar-refractivity contribution in [2.75, 3.05) is 26.4 Å². The average Bonchev–Trinajstić information content (AvgIpc) is 4.10. The summed E-state index contributed by atoms with van der Waals surface area (Å²) in [5.41, 5.74) is 11.7. The van der Waals surface area contributed by atoms with Crippen molar-refractivity contribution >= 4 is 12.2 Å². The van der Waals surface area contributed by atoms with Gasteiger partial charge in [-0.05, 0) is 137 Å². The van der Waals surface area contributed by atoms with Crippen molar-refractivity contribution < 1.29 is 47.2 Å². The van der Waals surface area contributed by atoms with E-state index in [1.54, 1.807) is 39.0 Å². The summed E-state index contributed by atoms with van der Waals surface area (Å²) in [7, 11) is 0. The number of ether oxygens (including phenoxy) is 5. The van der Waals surface area contributed by atoms with Crippen LogP contribution in [0.5, 0.6) is 11.5 Å². The minimum absolute atomic E-state index is 0.0136.